The van der Waals surface area contributed by atoms with Crippen molar-refractivity contribution in [3.8, 4) is 5.75 Å². The van der Waals surface area contributed by atoms with Gasteiger partial charge < -0.3 is 28.7 Å². The number of aromatic nitrogens is 1. The number of para-hydroxylation sites is 1. The Labute approximate surface area is 132 Å². The number of hydrogen-bond acceptors (Lipinski definition) is 1. The van der Waals surface area contributed by atoms with Crippen LogP contribution in [0, 0.1) is 3.57 Å². The first kappa shape index (κ1) is 14.7. The van der Waals surface area contributed by atoms with E-state index in [1.54, 1.807) is 0 Å². The van der Waals surface area contributed by atoms with E-state index in [2.05, 4.69) is 34.9 Å². The lowest BCUT2D eigenvalue weighted by molar-refractivity contribution is -0.672. The zero-order chi connectivity index (χ0) is 11.4. The molecular formula is C13H13I2NO. The highest BCUT2D eigenvalue weighted by Crippen LogP contribution is 2.20. The maximum atomic E-state index is 5.76. The van der Waals surface area contributed by atoms with Crippen LogP contribution in [0.3, 0.4) is 0 Å². The molecule has 0 aliphatic rings. The number of hydrogen-bond donors (Lipinski definition) is 0. The fourth-order valence-corrected chi connectivity index (χ4v) is 2.00. The highest BCUT2D eigenvalue weighted by Gasteiger charge is 2.02. The van der Waals surface area contributed by atoms with Crippen LogP contribution in [0.4, 0.5) is 0 Å². The summed E-state index contributed by atoms with van der Waals surface area (Å²) in [5.74, 6) is 0.939. The predicted octanol–water partition coefficient (Wildman–Crippen LogP) is -0.301. The fourth-order valence-electron chi connectivity index (χ4n) is 1.46. The van der Waals surface area contributed by atoms with Crippen molar-refractivity contribution in [2.24, 2.45) is 7.05 Å². The van der Waals surface area contributed by atoms with Gasteiger partial charge in [0.2, 0.25) is 0 Å². The van der Waals surface area contributed by atoms with Gasteiger partial charge in [0.1, 0.15) is 19.4 Å². The second-order valence-electron chi connectivity index (χ2n) is 3.60. The van der Waals surface area contributed by atoms with Gasteiger partial charge in [-0.05, 0) is 40.8 Å². The Morgan fingerprint density at radius 3 is 2.65 bits per heavy atom. The van der Waals surface area contributed by atoms with E-state index in [1.807, 2.05) is 48.1 Å². The minimum absolute atomic E-state index is 0. The Balaban J connectivity index is 0.00000144. The summed E-state index contributed by atoms with van der Waals surface area (Å²) in [5, 5.41) is 0. The van der Waals surface area contributed by atoms with Crippen LogP contribution in [-0.2, 0) is 13.7 Å². The number of aryl methyl sites for hydroxylation is 1. The van der Waals surface area contributed by atoms with Gasteiger partial charge in [-0.25, -0.2) is 4.57 Å². The summed E-state index contributed by atoms with van der Waals surface area (Å²) >= 11 is 2.28. The van der Waals surface area contributed by atoms with Crippen molar-refractivity contribution in [1.82, 2.24) is 0 Å². The first-order valence-electron chi connectivity index (χ1n) is 5.07. The Morgan fingerprint density at radius 1 is 1.18 bits per heavy atom. The van der Waals surface area contributed by atoms with Crippen LogP contribution in [0.25, 0.3) is 0 Å². The van der Waals surface area contributed by atoms with Crippen LogP contribution in [0.15, 0.2) is 48.8 Å². The Morgan fingerprint density at radius 2 is 1.94 bits per heavy atom. The van der Waals surface area contributed by atoms with Gasteiger partial charge in [-0.3, -0.25) is 0 Å². The van der Waals surface area contributed by atoms with Crippen molar-refractivity contribution in [2.75, 3.05) is 0 Å². The standard InChI is InChI=1S/C13H13INO.HI/c1-15-8-4-5-11(9-15)10-16-13-7-3-2-6-12(13)14;/h2-9H,10H2,1H3;1H/q+1;/p-1. The summed E-state index contributed by atoms with van der Waals surface area (Å²) in [4.78, 5) is 0. The van der Waals surface area contributed by atoms with E-state index in [-0.39, 0.29) is 24.0 Å². The molecule has 0 bridgehead atoms. The van der Waals surface area contributed by atoms with Crippen molar-refractivity contribution >= 4 is 22.6 Å². The van der Waals surface area contributed by atoms with Gasteiger partial charge in [-0.1, -0.05) is 12.1 Å². The summed E-state index contributed by atoms with van der Waals surface area (Å²) < 4.78 is 8.92. The van der Waals surface area contributed by atoms with Crippen molar-refractivity contribution in [1.29, 1.82) is 0 Å². The van der Waals surface area contributed by atoms with E-state index in [9.17, 15) is 0 Å². The van der Waals surface area contributed by atoms with E-state index in [4.69, 9.17) is 4.74 Å². The first-order valence-corrected chi connectivity index (χ1v) is 6.15. The molecule has 90 valence electrons. The molecule has 2 aromatic rings. The van der Waals surface area contributed by atoms with Crippen LogP contribution in [0.2, 0.25) is 0 Å². The molecule has 0 aliphatic heterocycles. The van der Waals surface area contributed by atoms with Crippen molar-refractivity contribution < 1.29 is 33.3 Å². The summed E-state index contributed by atoms with van der Waals surface area (Å²) in [6.07, 6.45) is 4.07. The van der Waals surface area contributed by atoms with Gasteiger partial charge in [-0.15, -0.1) is 0 Å². The number of benzene rings is 1. The molecule has 0 spiro atoms. The summed E-state index contributed by atoms with van der Waals surface area (Å²) in [6, 6.07) is 12.1. The average molecular weight is 453 g/mol. The molecule has 0 atom stereocenters. The average Bonchev–Trinajstić information content (AvgIpc) is 2.28. The lowest BCUT2D eigenvalue weighted by Crippen LogP contribution is -3.00. The van der Waals surface area contributed by atoms with E-state index in [0.29, 0.717) is 6.61 Å². The molecule has 1 aromatic heterocycles. The second kappa shape index (κ2) is 7.15. The van der Waals surface area contributed by atoms with Crippen LogP contribution >= 0.6 is 22.6 Å². The van der Waals surface area contributed by atoms with Crippen LogP contribution in [0.5, 0.6) is 5.75 Å². The first-order chi connectivity index (χ1) is 7.75. The largest absolute Gasteiger partial charge is 1.00 e. The molecular weight excluding hydrogens is 440 g/mol. The SMILES string of the molecule is C[n+]1cccc(COc2ccccc2I)c1.[I-]. The molecule has 0 aliphatic carbocycles. The molecule has 2 nitrogen and oxygen atoms in total. The normalized spacial score (nSPS) is 9.53. The van der Waals surface area contributed by atoms with Gasteiger partial charge in [0, 0.05) is 6.07 Å². The van der Waals surface area contributed by atoms with Crippen LogP contribution < -0.4 is 33.3 Å². The third kappa shape index (κ3) is 4.42. The molecule has 0 fully saturated rings. The van der Waals surface area contributed by atoms with Gasteiger partial charge in [0.25, 0.3) is 0 Å². The third-order valence-corrected chi connectivity index (χ3v) is 3.12. The Bertz CT molecular complexity index is 488. The van der Waals surface area contributed by atoms with E-state index < -0.39 is 0 Å². The minimum atomic E-state index is 0. The molecule has 0 radical (unpaired) electrons. The van der Waals surface area contributed by atoms with Gasteiger partial charge in [0.15, 0.2) is 12.4 Å². The highest BCUT2D eigenvalue weighted by molar-refractivity contribution is 14.1. The van der Waals surface area contributed by atoms with E-state index in [1.165, 1.54) is 5.56 Å². The molecule has 0 N–H and O–H groups in total. The zero-order valence-corrected chi connectivity index (χ0v) is 13.8. The monoisotopic (exact) mass is 453 g/mol. The molecule has 1 heterocycles. The maximum absolute atomic E-state index is 5.76. The number of rotatable bonds is 3. The fraction of sp³-hybridized carbons (Fsp3) is 0.154. The second-order valence-corrected chi connectivity index (χ2v) is 4.76. The summed E-state index contributed by atoms with van der Waals surface area (Å²) in [7, 11) is 2.01. The molecule has 0 unspecified atom stereocenters. The molecule has 0 amide bonds. The Kier molecular flexibility index (Phi) is 6.18. The number of pyridine rings is 1. The molecule has 17 heavy (non-hydrogen) atoms. The smallest absolute Gasteiger partial charge is 0.175 e. The molecule has 0 saturated heterocycles. The van der Waals surface area contributed by atoms with E-state index >= 15 is 0 Å². The van der Waals surface area contributed by atoms with Crippen molar-refractivity contribution in [3.63, 3.8) is 0 Å². The quantitative estimate of drug-likeness (QED) is 0.460. The van der Waals surface area contributed by atoms with Crippen molar-refractivity contribution in [2.45, 2.75) is 6.61 Å². The number of ether oxygens (including phenoxy) is 1. The van der Waals surface area contributed by atoms with Gasteiger partial charge >= 0.3 is 0 Å². The zero-order valence-electron chi connectivity index (χ0n) is 9.44. The maximum Gasteiger partial charge on any atom is 0.175 e. The summed E-state index contributed by atoms with van der Waals surface area (Å²) in [6.45, 7) is 0.606. The van der Waals surface area contributed by atoms with Gasteiger partial charge in [0.05, 0.1) is 9.13 Å². The molecule has 1 aromatic carbocycles. The third-order valence-electron chi connectivity index (χ3n) is 2.23. The van der Waals surface area contributed by atoms with Crippen LogP contribution in [0.1, 0.15) is 5.56 Å². The number of nitrogens with zero attached hydrogens (tertiary/aromatic N) is 1. The number of halogens is 2. The minimum Gasteiger partial charge on any atom is -1.00 e. The lowest BCUT2D eigenvalue weighted by Gasteiger charge is -2.06. The molecule has 0 saturated carbocycles. The predicted molar refractivity (Wildman–Crippen MR) is 71.1 cm³/mol. The molecule has 4 heteroatoms. The lowest BCUT2D eigenvalue weighted by atomic mass is 10.3. The van der Waals surface area contributed by atoms with Crippen LogP contribution in [-0.4, -0.2) is 0 Å². The van der Waals surface area contributed by atoms with Gasteiger partial charge in [-0.2, -0.15) is 0 Å². The summed E-state index contributed by atoms with van der Waals surface area (Å²) in [5.41, 5.74) is 1.17. The van der Waals surface area contributed by atoms with Crippen molar-refractivity contribution in [3.05, 3.63) is 57.9 Å². The van der Waals surface area contributed by atoms with E-state index in [0.717, 1.165) is 9.32 Å². The highest BCUT2D eigenvalue weighted by atomic mass is 127. The Hall–Kier alpha value is -0.370. The molecule has 2 rings (SSSR count). The topological polar surface area (TPSA) is 13.1 Å².